The van der Waals surface area contributed by atoms with Crippen LogP contribution in [0.3, 0.4) is 0 Å². The summed E-state index contributed by atoms with van der Waals surface area (Å²) >= 11 is 1.78. The lowest BCUT2D eigenvalue weighted by Crippen LogP contribution is -2.37. The van der Waals surface area contributed by atoms with Gasteiger partial charge in [0.2, 0.25) is 5.91 Å². The second-order valence-electron chi connectivity index (χ2n) is 6.73. The van der Waals surface area contributed by atoms with Gasteiger partial charge in [-0.3, -0.25) is 4.79 Å². The Morgan fingerprint density at radius 1 is 1.26 bits per heavy atom. The Morgan fingerprint density at radius 2 is 2.04 bits per heavy atom. The van der Waals surface area contributed by atoms with Crippen LogP contribution < -0.4 is 9.47 Å². The first-order chi connectivity index (χ1) is 13.2. The predicted molar refractivity (Wildman–Crippen MR) is 110 cm³/mol. The number of benzene rings is 1. The van der Waals surface area contributed by atoms with Crippen LogP contribution in [0.2, 0.25) is 0 Å². The molecular formula is C21H28N2O3S. The van der Waals surface area contributed by atoms with Gasteiger partial charge >= 0.3 is 0 Å². The van der Waals surface area contributed by atoms with Gasteiger partial charge < -0.3 is 18.9 Å². The molecule has 1 aliphatic heterocycles. The van der Waals surface area contributed by atoms with E-state index in [1.54, 1.807) is 26.0 Å². The first-order valence-electron chi connectivity index (χ1n) is 9.33. The molecule has 0 spiro atoms. The topological polar surface area (TPSA) is 43.7 Å². The van der Waals surface area contributed by atoms with E-state index in [2.05, 4.69) is 6.26 Å². The number of amides is 1. The van der Waals surface area contributed by atoms with Gasteiger partial charge in [0.1, 0.15) is 17.5 Å². The molecule has 2 aromatic rings. The van der Waals surface area contributed by atoms with E-state index in [9.17, 15) is 4.79 Å². The van der Waals surface area contributed by atoms with E-state index >= 15 is 0 Å². The quantitative estimate of drug-likeness (QED) is 0.681. The second kappa shape index (κ2) is 9.22. The fourth-order valence-corrected chi connectivity index (χ4v) is 4.28. The number of rotatable bonds is 8. The minimum absolute atomic E-state index is 0.0469. The van der Waals surface area contributed by atoms with Crippen LogP contribution in [0.15, 0.2) is 42.7 Å². The summed E-state index contributed by atoms with van der Waals surface area (Å²) in [5.41, 5.74) is 1.06. The first kappa shape index (κ1) is 19.7. The van der Waals surface area contributed by atoms with Gasteiger partial charge in [0, 0.05) is 30.6 Å². The highest BCUT2D eigenvalue weighted by molar-refractivity contribution is 7.98. The van der Waals surface area contributed by atoms with Crippen LogP contribution in [0.1, 0.15) is 36.9 Å². The second-order valence-corrected chi connectivity index (χ2v) is 7.71. The lowest BCUT2D eigenvalue weighted by atomic mass is 10.0. The summed E-state index contributed by atoms with van der Waals surface area (Å²) in [5, 5.41) is 0. The van der Waals surface area contributed by atoms with E-state index in [0.717, 1.165) is 48.6 Å². The number of aromatic nitrogens is 1. The predicted octanol–water partition coefficient (Wildman–Crippen LogP) is 4.16. The molecule has 2 heterocycles. The molecule has 3 rings (SSSR count). The molecule has 1 aliphatic rings. The fourth-order valence-electron chi connectivity index (χ4n) is 3.82. The summed E-state index contributed by atoms with van der Waals surface area (Å²) in [6, 6.07) is 9.72. The third-order valence-corrected chi connectivity index (χ3v) is 5.85. The number of thioether (sulfide) groups is 1. The highest BCUT2D eigenvalue weighted by Gasteiger charge is 2.35. The molecule has 6 heteroatoms. The van der Waals surface area contributed by atoms with Crippen molar-refractivity contribution in [1.82, 2.24) is 9.47 Å². The van der Waals surface area contributed by atoms with Crippen LogP contribution in [0.4, 0.5) is 0 Å². The highest BCUT2D eigenvalue weighted by atomic mass is 32.2. The number of nitrogens with zero attached hydrogens (tertiary/aromatic N) is 2. The molecule has 0 radical (unpaired) electrons. The fraction of sp³-hybridized carbons (Fsp3) is 0.476. The number of hydrogen-bond donors (Lipinski definition) is 0. The Balaban J connectivity index is 1.87. The van der Waals surface area contributed by atoms with Gasteiger partial charge in [-0.2, -0.15) is 11.8 Å². The number of ether oxygens (including phenoxy) is 2. The normalized spacial score (nSPS) is 17.7. The molecule has 1 saturated heterocycles. The molecule has 0 N–H and O–H groups in total. The third kappa shape index (κ3) is 4.26. The van der Waals surface area contributed by atoms with Crippen LogP contribution in [0.25, 0.3) is 0 Å². The minimum Gasteiger partial charge on any atom is -0.497 e. The van der Waals surface area contributed by atoms with Crippen molar-refractivity contribution in [2.24, 2.45) is 0 Å². The van der Waals surface area contributed by atoms with Crippen LogP contribution >= 0.6 is 11.8 Å². The standard InChI is InChI=1S/C21H28N2O3S/c1-25-16-8-9-17(20(15-16)26-2)18-7-6-13-23(18)21(24)19(10-14-27-3)22-11-4-5-12-22/h4-5,8-9,11-12,15,18-19H,6-7,10,13-14H2,1-3H3/t18-,19-/m1/s1. The van der Waals surface area contributed by atoms with Gasteiger partial charge in [-0.25, -0.2) is 0 Å². The largest absolute Gasteiger partial charge is 0.497 e. The van der Waals surface area contributed by atoms with Crippen molar-refractivity contribution in [3.63, 3.8) is 0 Å². The van der Waals surface area contributed by atoms with Gasteiger partial charge in [0.25, 0.3) is 0 Å². The van der Waals surface area contributed by atoms with Crippen molar-refractivity contribution in [1.29, 1.82) is 0 Å². The van der Waals surface area contributed by atoms with E-state index < -0.39 is 0 Å². The Bertz CT molecular complexity index is 748. The van der Waals surface area contributed by atoms with Crippen molar-refractivity contribution in [3.8, 4) is 11.5 Å². The average Bonchev–Trinajstić information content (AvgIpc) is 3.39. The van der Waals surface area contributed by atoms with Crippen molar-refractivity contribution in [3.05, 3.63) is 48.3 Å². The average molecular weight is 389 g/mol. The number of likely N-dealkylation sites (tertiary alicyclic amines) is 1. The number of carbonyl (C=O) groups is 1. The van der Waals surface area contributed by atoms with E-state index in [-0.39, 0.29) is 18.0 Å². The molecule has 146 valence electrons. The van der Waals surface area contributed by atoms with E-state index in [0.29, 0.717) is 0 Å². The lowest BCUT2D eigenvalue weighted by molar-refractivity contribution is -0.135. The number of methoxy groups -OCH3 is 2. The van der Waals surface area contributed by atoms with Gasteiger partial charge in [-0.1, -0.05) is 0 Å². The van der Waals surface area contributed by atoms with Crippen molar-refractivity contribution in [2.45, 2.75) is 31.3 Å². The zero-order valence-corrected chi connectivity index (χ0v) is 17.1. The summed E-state index contributed by atoms with van der Waals surface area (Å²) < 4.78 is 13.0. The van der Waals surface area contributed by atoms with Crippen molar-refractivity contribution in [2.75, 3.05) is 32.8 Å². The van der Waals surface area contributed by atoms with Gasteiger partial charge in [0.05, 0.1) is 20.3 Å². The van der Waals surface area contributed by atoms with Crippen molar-refractivity contribution >= 4 is 17.7 Å². The SMILES string of the molecule is COc1ccc([C@H]2CCCN2C(=O)[C@@H](CCSC)n2cccc2)c(OC)c1. The summed E-state index contributed by atoms with van der Waals surface area (Å²) in [6.07, 6.45) is 8.85. The molecule has 2 atom stereocenters. The molecule has 0 aliphatic carbocycles. The summed E-state index contributed by atoms with van der Waals surface area (Å²) in [4.78, 5) is 15.5. The Morgan fingerprint density at radius 3 is 2.70 bits per heavy atom. The van der Waals surface area contributed by atoms with E-state index in [4.69, 9.17) is 9.47 Å². The van der Waals surface area contributed by atoms with E-state index in [1.807, 2.05) is 52.2 Å². The minimum atomic E-state index is -0.155. The Hall–Kier alpha value is -2.08. The van der Waals surface area contributed by atoms with Crippen LogP contribution in [-0.4, -0.2) is 48.1 Å². The third-order valence-electron chi connectivity index (χ3n) is 5.20. The maximum Gasteiger partial charge on any atom is 0.246 e. The van der Waals surface area contributed by atoms with Crippen molar-refractivity contribution < 1.29 is 14.3 Å². The zero-order chi connectivity index (χ0) is 19.2. The van der Waals surface area contributed by atoms with E-state index in [1.165, 1.54) is 0 Å². The molecular weight excluding hydrogens is 360 g/mol. The molecule has 27 heavy (non-hydrogen) atoms. The monoisotopic (exact) mass is 388 g/mol. The first-order valence-corrected chi connectivity index (χ1v) is 10.7. The van der Waals surface area contributed by atoms with Crippen LogP contribution in [-0.2, 0) is 4.79 Å². The molecule has 1 aromatic carbocycles. The molecule has 0 unspecified atom stereocenters. The molecule has 5 nitrogen and oxygen atoms in total. The maximum absolute atomic E-state index is 13.5. The van der Waals surface area contributed by atoms with Gasteiger partial charge in [-0.05, 0) is 55.5 Å². The molecule has 1 amide bonds. The summed E-state index contributed by atoms with van der Waals surface area (Å²) in [7, 11) is 3.31. The number of carbonyl (C=O) groups excluding carboxylic acids is 1. The van der Waals surface area contributed by atoms with Gasteiger partial charge in [0.15, 0.2) is 0 Å². The molecule has 0 saturated carbocycles. The summed E-state index contributed by atoms with van der Waals surface area (Å²) in [6.45, 7) is 0.787. The van der Waals surface area contributed by atoms with Crippen LogP contribution in [0.5, 0.6) is 11.5 Å². The van der Waals surface area contributed by atoms with Crippen LogP contribution in [0, 0.1) is 0 Å². The smallest absolute Gasteiger partial charge is 0.246 e. The molecule has 1 aromatic heterocycles. The highest BCUT2D eigenvalue weighted by Crippen LogP contribution is 2.40. The lowest BCUT2D eigenvalue weighted by Gasteiger charge is -2.30. The summed E-state index contributed by atoms with van der Waals surface area (Å²) in [5.74, 6) is 2.69. The number of hydrogen-bond acceptors (Lipinski definition) is 4. The molecule has 0 bridgehead atoms. The Kier molecular flexibility index (Phi) is 6.72. The molecule has 1 fully saturated rings. The Labute approximate surface area is 165 Å². The maximum atomic E-state index is 13.5. The van der Waals surface area contributed by atoms with Gasteiger partial charge in [-0.15, -0.1) is 0 Å². The zero-order valence-electron chi connectivity index (χ0n) is 16.3.